The lowest BCUT2D eigenvalue weighted by Gasteiger charge is -2.21. The molecular weight excluding hydrogens is 945 g/mol. The Morgan fingerprint density at radius 3 is 1.91 bits per heavy atom. The number of halogens is 2. The van der Waals surface area contributed by atoms with Crippen molar-refractivity contribution in [2.45, 2.75) is 109 Å². The summed E-state index contributed by atoms with van der Waals surface area (Å²) >= 11 is 10.3. The summed E-state index contributed by atoms with van der Waals surface area (Å²) in [4.78, 5) is 53.8. The van der Waals surface area contributed by atoms with Crippen molar-refractivity contribution in [3.05, 3.63) is 76.9 Å². The molecule has 5 aliphatic heterocycles. The predicted molar refractivity (Wildman–Crippen MR) is 252 cm³/mol. The number of carbonyl (C=O) groups is 4. The molecule has 20 heteroatoms. The van der Waals surface area contributed by atoms with Crippen LogP contribution in [0.3, 0.4) is 0 Å². The summed E-state index contributed by atoms with van der Waals surface area (Å²) in [5, 5.41) is 30.4. The summed E-state index contributed by atoms with van der Waals surface area (Å²) in [7, 11) is 1.49. The van der Waals surface area contributed by atoms with Crippen LogP contribution in [0, 0.1) is 11.8 Å². The molecule has 2 aromatic carbocycles. The lowest BCUT2D eigenvalue weighted by Crippen LogP contribution is -2.32. The number of benzene rings is 2. The van der Waals surface area contributed by atoms with Gasteiger partial charge >= 0.3 is 11.9 Å². The van der Waals surface area contributed by atoms with Gasteiger partial charge in [-0.2, -0.15) is 0 Å². The standard InChI is InChI=1S/C25H30O9.C20H22O8.C4H5Cl2N/c1-14-9-10-17(26)23-18(33-25(3,4)34-23)8-6-7-16-21(24(27)32-15(14)2)19(29-12-28-5)11-20-22(16)31-13-30-20;1-10-6-7-14(22)18(24)13(21)5-3-4-12-17(20(25)28-11(10)2)15(23)8-16-19(12)27-9-26-16;1-2-3-7-4(5)6/h6-7,9-11,14-15,18,23H,8,12-13H2,1-5H3;3-4,6-8,10-11,13,18,21,23-24H,5,9H2,1-2H3;2,4H,1H3/b7-6?,10-9-;4-3+,7-6-;/t14-,15+,18+,23-;10-,11+,13+,18+;/m11./s1. The second-order valence-electron chi connectivity index (χ2n) is 16.5. The van der Waals surface area contributed by atoms with Gasteiger partial charge in [-0.25, -0.2) is 14.6 Å². The van der Waals surface area contributed by atoms with Gasteiger partial charge in [-0.3, -0.25) is 9.59 Å². The monoisotopic (exact) mass is 1000 g/mol. The maximum atomic E-state index is 13.3. The third-order valence-corrected chi connectivity index (χ3v) is 11.2. The molecule has 0 amide bonds. The van der Waals surface area contributed by atoms with E-state index in [0.29, 0.717) is 23.5 Å². The van der Waals surface area contributed by atoms with Crippen LogP contribution in [-0.2, 0) is 33.3 Å². The van der Waals surface area contributed by atoms with Gasteiger partial charge in [-0.1, -0.05) is 73.5 Å². The van der Waals surface area contributed by atoms with E-state index in [1.165, 1.54) is 43.6 Å². The van der Waals surface area contributed by atoms with Crippen LogP contribution < -0.4 is 23.7 Å². The van der Waals surface area contributed by atoms with Crippen molar-refractivity contribution in [1.29, 1.82) is 0 Å². The van der Waals surface area contributed by atoms with E-state index in [9.17, 15) is 34.5 Å². The van der Waals surface area contributed by atoms with Crippen molar-refractivity contribution in [2.24, 2.45) is 16.8 Å². The third kappa shape index (κ3) is 14.2. The number of ketones is 2. The number of nitrogens with zero attached hydrogens (tertiary/aromatic N) is 1. The Bertz CT molecular complexity index is 2390. The van der Waals surface area contributed by atoms with Crippen LogP contribution in [0.1, 0.15) is 93.2 Å². The Hall–Kier alpha value is -5.69. The molecule has 0 aliphatic carbocycles. The summed E-state index contributed by atoms with van der Waals surface area (Å²) in [5.74, 6) is 0.157. The van der Waals surface area contributed by atoms with Gasteiger partial charge in [0.2, 0.25) is 18.5 Å². The highest BCUT2D eigenvalue weighted by molar-refractivity contribution is 6.44. The van der Waals surface area contributed by atoms with E-state index in [2.05, 4.69) is 10.9 Å². The van der Waals surface area contributed by atoms with Crippen LogP contribution in [0.4, 0.5) is 0 Å². The normalized spacial score (nSPS) is 27.4. The van der Waals surface area contributed by atoms with E-state index in [0.717, 1.165) is 0 Å². The van der Waals surface area contributed by atoms with Crippen molar-refractivity contribution >= 4 is 64.7 Å². The molecule has 0 spiro atoms. The van der Waals surface area contributed by atoms with Crippen molar-refractivity contribution in [1.82, 2.24) is 0 Å². The molecule has 69 heavy (non-hydrogen) atoms. The van der Waals surface area contributed by atoms with Crippen LogP contribution in [0.5, 0.6) is 34.5 Å². The zero-order chi connectivity index (χ0) is 50.6. The number of phenolic OH excluding ortho intramolecular Hbond substituents is 1. The number of methoxy groups -OCH3 is 1. The van der Waals surface area contributed by atoms with Gasteiger partial charge in [0.25, 0.3) is 0 Å². The number of aromatic hydroxyl groups is 1. The predicted octanol–water partition coefficient (Wildman–Crippen LogP) is 7.20. The molecule has 5 aliphatic rings. The SMILES string of the molecule is CC=C=NC(Cl)Cl.COCOc1cc2c(c3c1C(=O)O[C@@H](C)[C@H](C)/C=C\C(=O)[C@H]1OC(C)(C)O[C@H]1CC=C3)OCO2.C[C@@H]1/C=C\C(=O)[C@@H](O)[C@@H](O)C/C=C/c2c3c(cc(O)c2C(=O)O[C@H]1C)OCO3. The van der Waals surface area contributed by atoms with Crippen LogP contribution >= 0.6 is 23.2 Å². The van der Waals surface area contributed by atoms with Gasteiger partial charge in [0.15, 0.2) is 47.1 Å². The number of aliphatic hydroxyl groups excluding tert-OH is 2. The molecule has 374 valence electrons. The fourth-order valence-electron chi connectivity index (χ4n) is 7.09. The second-order valence-corrected chi connectivity index (χ2v) is 17.6. The van der Waals surface area contributed by atoms with E-state index < -0.39 is 65.1 Å². The highest BCUT2D eigenvalue weighted by Gasteiger charge is 2.44. The summed E-state index contributed by atoms with van der Waals surface area (Å²) in [5.41, 5.74) is 0.804. The number of cyclic esters (lactones) is 2. The van der Waals surface area contributed by atoms with Gasteiger partial charge < -0.3 is 62.7 Å². The first-order chi connectivity index (χ1) is 32.8. The third-order valence-electron chi connectivity index (χ3n) is 11.0. The zero-order valence-corrected chi connectivity index (χ0v) is 40.9. The molecule has 1 fully saturated rings. The van der Waals surface area contributed by atoms with E-state index >= 15 is 0 Å². The van der Waals surface area contributed by atoms with Gasteiger partial charge in [0.1, 0.15) is 47.0 Å². The quantitative estimate of drug-likeness (QED) is 0.0903. The Morgan fingerprint density at radius 1 is 0.797 bits per heavy atom. The lowest BCUT2D eigenvalue weighted by atomic mass is 9.99. The van der Waals surface area contributed by atoms with E-state index in [1.54, 1.807) is 65.8 Å². The number of esters is 2. The number of aliphatic hydroxyl groups is 2. The summed E-state index contributed by atoms with van der Waals surface area (Å²) in [6, 6.07) is 2.88. The number of carbonyl (C=O) groups excluding carboxylic acids is 4. The summed E-state index contributed by atoms with van der Waals surface area (Å²) in [6.45, 7) is 12.2. The largest absolute Gasteiger partial charge is 0.507 e. The van der Waals surface area contributed by atoms with Gasteiger partial charge in [-0.15, -0.1) is 0 Å². The minimum atomic E-state index is -1.58. The van der Waals surface area contributed by atoms with E-state index in [4.69, 9.17) is 70.6 Å². The molecule has 8 atom stereocenters. The lowest BCUT2D eigenvalue weighted by molar-refractivity contribution is -0.152. The number of aliphatic imine (C=N–C) groups is 1. The Labute approximate surface area is 409 Å². The highest BCUT2D eigenvalue weighted by Crippen LogP contribution is 2.45. The molecule has 0 aromatic heterocycles. The topological polar surface area (TPSA) is 234 Å². The van der Waals surface area contributed by atoms with E-state index in [1.807, 2.05) is 13.0 Å². The van der Waals surface area contributed by atoms with Gasteiger partial charge in [0, 0.05) is 42.2 Å². The van der Waals surface area contributed by atoms with Crippen molar-refractivity contribution in [3.8, 4) is 34.5 Å². The number of ether oxygens (including phenoxy) is 10. The van der Waals surface area contributed by atoms with Crippen molar-refractivity contribution in [2.75, 3.05) is 27.5 Å². The number of alkyl halides is 2. The maximum absolute atomic E-state index is 13.3. The van der Waals surface area contributed by atoms with Crippen LogP contribution in [0.2, 0.25) is 0 Å². The first-order valence-electron chi connectivity index (χ1n) is 21.9. The number of rotatable bonds is 4. The molecule has 2 aromatic rings. The number of hydrogen-bond acceptors (Lipinski definition) is 18. The number of phenols is 1. The smallest absolute Gasteiger partial charge is 0.342 e. The summed E-state index contributed by atoms with van der Waals surface area (Å²) < 4.78 is 55.7. The fourth-order valence-corrected chi connectivity index (χ4v) is 7.20. The molecule has 0 bridgehead atoms. The Balaban J connectivity index is 0.000000229. The molecule has 7 rings (SSSR count). The molecule has 18 nitrogen and oxygen atoms in total. The molecular formula is C49H57Cl2NO17. The average Bonchev–Trinajstić information content (AvgIpc) is 4.06. The van der Waals surface area contributed by atoms with Crippen molar-refractivity contribution < 1.29 is 81.9 Å². The minimum Gasteiger partial charge on any atom is -0.507 e. The number of hydrogen-bond donors (Lipinski definition) is 3. The number of fused-ring (bicyclic) bond motifs is 7. The first-order valence-corrected chi connectivity index (χ1v) is 22.8. The Morgan fingerprint density at radius 2 is 1.35 bits per heavy atom. The molecule has 1 saturated heterocycles. The molecule has 3 N–H and O–H groups in total. The average molecular weight is 1000 g/mol. The zero-order valence-electron chi connectivity index (χ0n) is 39.3. The highest BCUT2D eigenvalue weighted by atomic mass is 35.5. The second kappa shape index (κ2) is 24.7. The molecule has 0 radical (unpaired) electrons. The van der Waals surface area contributed by atoms with Gasteiger partial charge in [0.05, 0.1) is 12.2 Å². The molecule has 5 heterocycles. The van der Waals surface area contributed by atoms with Crippen molar-refractivity contribution in [3.63, 3.8) is 0 Å². The fraction of sp³-hybridized carbons (Fsp3) is 0.469. The minimum absolute atomic E-state index is 0.0148. The van der Waals surface area contributed by atoms with Gasteiger partial charge in [-0.05, 0) is 71.6 Å². The van der Waals surface area contributed by atoms with Crippen LogP contribution in [0.25, 0.3) is 12.2 Å². The van der Waals surface area contributed by atoms with E-state index in [-0.39, 0.29) is 84.1 Å². The van der Waals surface area contributed by atoms with Crippen LogP contribution in [0.15, 0.2) is 59.7 Å². The number of allylic oxidation sites excluding steroid dienone is 1. The molecule has 0 unspecified atom stereocenters. The van der Waals surface area contributed by atoms with Crippen LogP contribution in [-0.4, -0.2) is 120 Å². The summed E-state index contributed by atoms with van der Waals surface area (Å²) in [6.07, 6.45) is 8.98. The first kappa shape index (κ1) is 54.3. The molecule has 0 saturated carbocycles. The Kier molecular flexibility index (Phi) is 19.4. The maximum Gasteiger partial charge on any atom is 0.342 e.